The van der Waals surface area contributed by atoms with Crippen molar-refractivity contribution in [3.8, 4) is 17.4 Å². The maximum absolute atomic E-state index is 12.8. The van der Waals surface area contributed by atoms with Gasteiger partial charge in [0.25, 0.3) is 10.0 Å². The number of benzene rings is 2. The third-order valence-electron chi connectivity index (χ3n) is 4.26. The highest BCUT2D eigenvalue weighted by Gasteiger charge is 2.19. The molecular formula is C19H13N7O3S2. The molecule has 0 atom stereocenters. The van der Waals surface area contributed by atoms with Crippen LogP contribution in [0.3, 0.4) is 0 Å². The Morgan fingerprint density at radius 3 is 2.58 bits per heavy atom. The molecule has 0 radical (unpaired) electrons. The Hall–Kier alpha value is -3.90. The zero-order valence-electron chi connectivity index (χ0n) is 15.7. The van der Waals surface area contributed by atoms with Gasteiger partial charge in [-0.25, -0.2) is 13.4 Å². The van der Waals surface area contributed by atoms with E-state index in [4.69, 9.17) is 4.74 Å². The molecule has 3 aromatic heterocycles. The highest BCUT2D eigenvalue weighted by Crippen LogP contribution is 2.26. The zero-order valence-corrected chi connectivity index (χ0v) is 17.3. The number of nitrogens with zero attached hydrogens (tertiary/aromatic N) is 6. The number of ether oxygens (including phenoxy) is 1. The van der Waals surface area contributed by atoms with Gasteiger partial charge in [-0.15, -0.1) is 10.2 Å². The van der Waals surface area contributed by atoms with Crippen LogP contribution in [0, 0.1) is 0 Å². The van der Waals surface area contributed by atoms with Gasteiger partial charge in [0.2, 0.25) is 5.88 Å². The second-order valence-electron chi connectivity index (χ2n) is 6.32. The summed E-state index contributed by atoms with van der Waals surface area (Å²) in [6.45, 7) is 0. The number of rotatable bonds is 6. The lowest BCUT2D eigenvalue weighted by Crippen LogP contribution is -2.13. The molecule has 10 nitrogen and oxygen atoms in total. The summed E-state index contributed by atoms with van der Waals surface area (Å²) in [5.41, 5.74) is 1.27. The summed E-state index contributed by atoms with van der Waals surface area (Å²) in [6.07, 6.45) is 5.03. The summed E-state index contributed by atoms with van der Waals surface area (Å²) in [6, 6.07) is 14.7. The lowest BCUT2D eigenvalue weighted by atomic mass is 10.3. The Bertz CT molecular complexity index is 1430. The van der Waals surface area contributed by atoms with E-state index in [9.17, 15) is 8.42 Å². The van der Waals surface area contributed by atoms with Crippen molar-refractivity contribution in [1.82, 2.24) is 28.5 Å². The first-order valence-electron chi connectivity index (χ1n) is 8.93. The van der Waals surface area contributed by atoms with Crippen LogP contribution >= 0.6 is 11.7 Å². The smallest absolute Gasteiger partial charge is 0.264 e. The first kappa shape index (κ1) is 19.1. The Balaban J connectivity index is 1.30. The van der Waals surface area contributed by atoms with Crippen LogP contribution in [0.15, 0.2) is 78.2 Å². The fraction of sp³-hybridized carbons (Fsp3) is 0. The summed E-state index contributed by atoms with van der Waals surface area (Å²) < 4.78 is 43.7. The SMILES string of the molecule is O=S(=O)(Nc1ccc(Oc2ccc(-n3ccnc3)nn2)cc1)c1cccc2nsnc12. The Morgan fingerprint density at radius 2 is 1.84 bits per heavy atom. The number of fused-ring (bicyclic) bond motifs is 1. The molecule has 0 saturated carbocycles. The van der Waals surface area contributed by atoms with Gasteiger partial charge in [-0.3, -0.25) is 9.29 Å². The molecule has 5 aromatic rings. The van der Waals surface area contributed by atoms with E-state index < -0.39 is 10.0 Å². The molecule has 0 bridgehead atoms. The van der Waals surface area contributed by atoms with E-state index in [-0.39, 0.29) is 4.90 Å². The molecule has 0 unspecified atom stereocenters. The average Bonchev–Trinajstić information content (AvgIpc) is 3.47. The predicted octanol–water partition coefficient (Wildman–Crippen LogP) is 3.26. The molecule has 0 aliphatic carbocycles. The largest absolute Gasteiger partial charge is 0.438 e. The van der Waals surface area contributed by atoms with Gasteiger partial charge in [-0.1, -0.05) is 6.07 Å². The van der Waals surface area contributed by atoms with E-state index in [2.05, 4.69) is 28.7 Å². The minimum absolute atomic E-state index is 0.0762. The van der Waals surface area contributed by atoms with Gasteiger partial charge in [0.1, 0.15) is 28.0 Å². The van der Waals surface area contributed by atoms with Gasteiger partial charge in [-0.05, 0) is 42.5 Å². The summed E-state index contributed by atoms with van der Waals surface area (Å²) in [5, 5.41) is 8.11. The second kappa shape index (κ2) is 7.74. The molecule has 5 rings (SSSR count). The summed E-state index contributed by atoms with van der Waals surface area (Å²) in [4.78, 5) is 4.04. The van der Waals surface area contributed by atoms with E-state index in [1.54, 1.807) is 71.8 Å². The van der Waals surface area contributed by atoms with Gasteiger partial charge in [0, 0.05) is 24.1 Å². The fourth-order valence-electron chi connectivity index (χ4n) is 2.82. The van der Waals surface area contributed by atoms with E-state index in [1.807, 2.05) is 0 Å². The molecule has 2 aromatic carbocycles. The molecule has 0 amide bonds. The molecule has 0 saturated heterocycles. The van der Waals surface area contributed by atoms with Gasteiger partial charge >= 0.3 is 0 Å². The first-order chi connectivity index (χ1) is 15.1. The highest BCUT2D eigenvalue weighted by molar-refractivity contribution is 7.93. The van der Waals surface area contributed by atoms with Crippen LogP contribution < -0.4 is 9.46 Å². The quantitative estimate of drug-likeness (QED) is 0.417. The molecule has 3 heterocycles. The standard InChI is InChI=1S/C19H13N7O3S2/c27-31(28,16-3-1-2-15-19(16)24-30-23-15)25-13-4-6-14(7-5-13)29-18-9-8-17(21-22-18)26-11-10-20-12-26/h1-12,25H. The van der Waals surface area contributed by atoms with E-state index >= 15 is 0 Å². The monoisotopic (exact) mass is 451 g/mol. The average molecular weight is 451 g/mol. The summed E-state index contributed by atoms with van der Waals surface area (Å²) >= 11 is 0.968. The van der Waals surface area contributed by atoms with Crippen LogP contribution in [0.4, 0.5) is 5.69 Å². The first-order valence-corrected chi connectivity index (χ1v) is 11.1. The number of sulfonamides is 1. The number of imidazole rings is 1. The van der Waals surface area contributed by atoms with Gasteiger partial charge in [0.15, 0.2) is 5.82 Å². The van der Waals surface area contributed by atoms with Crippen LogP contribution in [0.25, 0.3) is 16.9 Å². The van der Waals surface area contributed by atoms with Crippen LogP contribution in [0.5, 0.6) is 11.6 Å². The number of hydrogen-bond acceptors (Lipinski definition) is 9. The van der Waals surface area contributed by atoms with Crippen molar-refractivity contribution in [2.75, 3.05) is 4.72 Å². The van der Waals surface area contributed by atoms with Crippen molar-refractivity contribution >= 4 is 38.5 Å². The highest BCUT2D eigenvalue weighted by atomic mass is 32.2. The fourth-order valence-corrected chi connectivity index (χ4v) is 4.65. The Kier molecular flexibility index (Phi) is 4.76. The lowest BCUT2D eigenvalue weighted by molar-refractivity contribution is 0.454. The molecule has 31 heavy (non-hydrogen) atoms. The van der Waals surface area contributed by atoms with Crippen LogP contribution in [0.1, 0.15) is 0 Å². The minimum atomic E-state index is -3.82. The topological polar surface area (TPSA) is 125 Å². The van der Waals surface area contributed by atoms with Crippen LogP contribution in [-0.2, 0) is 10.0 Å². The lowest BCUT2D eigenvalue weighted by Gasteiger charge is -2.09. The number of hydrogen-bond donors (Lipinski definition) is 1. The Labute approximate surface area is 180 Å². The second-order valence-corrected chi connectivity index (χ2v) is 8.50. The summed E-state index contributed by atoms with van der Waals surface area (Å²) in [5.74, 6) is 1.40. The maximum atomic E-state index is 12.8. The number of anilines is 1. The summed E-state index contributed by atoms with van der Waals surface area (Å²) in [7, 11) is -3.82. The van der Waals surface area contributed by atoms with Crippen molar-refractivity contribution in [1.29, 1.82) is 0 Å². The molecule has 0 aliphatic rings. The number of aromatic nitrogens is 6. The minimum Gasteiger partial charge on any atom is -0.438 e. The molecule has 0 aliphatic heterocycles. The molecular weight excluding hydrogens is 438 g/mol. The molecule has 0 spiro atoms. The number of nitrogens with one attached hydrogen (secondary N) is 1. The van der Waals surface area contributed by atoms with Crippen molar-refractivity contribution < 1.29 is 13.2 Å². The Morgan fingerprint density at radius 1 is 0.968 bits per heavy atom. The van der Waals surface area contributed by atoms with Crippen molar-refractivity contribution in [3.05, 3.63) is 73.3 Å². The van der Waals surface area contributed by atoms with Crippen molar-refractivity contribution in [2.24, 2.45) is 0 Å². The van der Waals surface area contributed by atoms with E-state index in [0.29, 0.717) is 34.2 Å². The third-order valence-corrected chi connectivity index (χ3v) is 6.22. The molecule has 1 N–H and O–H groups in total. The van der Waals surface area contributed by atoms with E-state index in [0.717, 1.165) is 11.7 Å². The zero-order chi connectivity index (χ0) is 21.3. The molecule has 12 heteroatoms. The third kappa shape index (κ3) is 3.93. The van der Waals surface area contributed by atoms with Crippen molar-refractivity contribution in [3.63, 3.8) is 0 Å². The van der Waals surface area contributed by atoms with Gasteiger partial charge < -0.3 is 4.74 Å². The predicted molar refractivity (Wildman–Crippen MR) is 114 cm³/mol. The van der Waals surface area contributed by atoms with Crippen LogP contribution in [0.2, 0.25) is 0 Å². The van der Waals surface area contributed by atoms with Gasteiger partial charge in [-0.2, -0.15) is 8.75 Å². The molecule has 0 fully saturated rings. The maximum Gasteiger partial charge on any atom is 0.264 e. The normalized spacial score (nSPS) is 11.5. The van der Waals surface area contributed by atoms with Crippen molar-refractivity contribution in [2.45, 2.75) is 4.90 Å². The molecule has 154 valence electrons. The van der Waals surface area contributed by atoms with Gasteiger partial charge in [0.05, 0.1) is 11.7 Å². The van der Waals surface area contributed by atoms with E-state index in [1.165, 1.54) is 6.07 Å². The van der Waals surface area contributed by atoms with Crippen LogP contribution in [-0.4, -0.2) is 36.9 Å².